The molecule has 1 N–H and O–H groups in total. The Hall–Kier alpha value is -1.17. The topological polar surface area (TPSA) is 43.0 Å². The van der Waals surface area contributed by atoms with E-state index in [0.717, 1.165) is 37.5 Å². The van der Waals surface area contributed by atoms with E-state index in [1.54, 1.807) is 21.3 Å². The van der Waals surface area contributed by atoms with Crippen LogP contribution in [0.15, 0.2) is 12.1 Å². The van der Waals surface area contributed by atoms with Crippen LogP contribution in [0, 0.1) is 5.41 Å². The summed E-state index contributed by atoms with van der Waals surface area (Å²) in [7, 11) is 5.00. The first-order valence-electron chi connectivity index (χ1n) is 8.42. The lowest BCUT2D eigenvalue weighted by Crippen LogP contribution is -2.38. The van der Waals surface area contributed by atoms with Gasteiger partial charge >= 0.3 is 0 Å². The van der Waals surface area contributed by atoms with Crippen LogP contribution in [0.3, 0.4) is 0 Å². The van der Waals surface area contributed by atoms with E-state index in [4.69, 9.17) is 14.2 Å². The van der Waals surface area contributed by atoms with Gasteiger partial charge in [0.1, 0.15) is 0 Å². The fraction of sp³-hybridized carbons (Fsp3) is 0.667. The lowest BCUT2D eigenvalue weighted by molar-refractivity contribution is 0.193. The molecule has 1 aromatic rings. The number of halogens is 1. The third-order valence-electron chi connectivity index (χ3n) is 5.36. The van der Waals surface area contributed by atoms with Gasteiger partial charge in [-0.05, 0) is 50.4 Å². The zero-order valence-electron chi connectivity index (χ0n) is 14.9. The zero-order chi connectivity index (χ0) is 16.3. The average molecular weight is 357 g/mol. The molecule has 3 rings (SSSR count). The Kier molecular flexibility index (Phi) is 6.61. The Bertz CT molecular complexity index is 547. The summed E-state index contributed by atoms with van der Waals surface area (Å²) in [5.41, 5.74) is 1.69. The number of piperidine rings is 1. The third kappa shape index (κ3) is 3.73. The number of nitrogens with one attached hydrogen (secondary N) is 1. The van der Waals surface area contributed by atoms with Crippen LogP contribution >= 0.6 is 12.4 Å². The molecule has 0 atom stereocenters. The van der Waals surface area contributed by atoms with Crippen LogP contribution in [0.1, 0.15) is 24.8 Å². The van der Waals surface area contributed by atoms with E-state index in [0.29, 0.717) is 16.9 Å². The maximum Gasteiger partial charge on any atom is 0.203 e. The van der Waals surface area contributed by atoms with Crippen LogP contribution in [0.2, 0.25) is 0 Å². The second-order valence-electron chi connectivity index (χ2n) is 6.70. The minimum atomic E-state index is 0. The highest BCUT2D eigenvalue weighted by Gasteiger charge is 2.38. The van der Waals surface area contributed by atoms with Gasteiger partial charge in [0.15, 0.2) is 11.5 Å². The Morgan fingerprint density at radius 3 is 2.33 bits per heavy atom. The van der Waals surface area contributed by atoms with E-state index < -0.39 is 0 Å². The maximum absolute atomic E-state index is 5.62. The summed E-state index contributed by atoms with van der Waals surface area (Å²) in [5.74, 6) is 2.19. The van der Waals surface area contributed by atoms with Crippen molar-refractivity contribution in [3.8, 4) is 17.2 Å². The van der Waals surface area contributed by atoms with E-state index >= 15 is 0 Å². The predicted octanol–water partition coefficient (Wildman–Crippen LogP) is 2.71. The molecule has 24 heavy (non-hydrogen) atoms. The summed E-state index contributed by atoms with van der Waals surface area (Å²) in [4.78, 5) is 2.55. The van der Waals surface area contributed by atoms with E-state index in [1.165, 1.54) is 25.8 Å². The first-order valence-corrected chi connectivity index (χ1v) is 8.42. The van der Waals surface area contributed by atoms with Crippen molar-refractivity contribution in [2.75, 3.05) is 47.5 Å². The number of nitrogens with zero attached hydrogens (tertiary/aromatic N) is 1. The summed E-state index contributed by atoms with van der Waals surface area (Å²) in [6.07, 6.45) is 3.91. The maximum atomic E-state index is 5.62. The molecule has 2 heterocycles. The molecule has 2 fully saturated rings. The first-order chi connectivity index (χ1) is 11.2. The van der Waals surface area contributed by atoms with Gasteiger partial charge in [-0.2, -0.15) is 0 Å². The van der Waals surface area contributed by atoms with Gasteiger partial charge in [0.25, 0.3) is 0 Å². The van der Waals surface area contributed by atoms with Gasteiger partial charge in [-0.25, -0.2) is 0 Å². The summed E-state index contributed by atoms with van der Waals surface area (Å²) in [6, 6.07) is 4.06. The standard InChI is InChI=1S/C18H28N2O3.ClH/c1-21-15-5-4-14(16(22-2)17(15)23-3)12-20-11-8-18(13-20)6-9-19-10-7-18;/h4-5,19H,6-13H2,1-3H3;1H. The highest BCUT2D eigenvalue weighted by Crippen LogP contribution is 2.43. The van der Waals surface area contributed by atoms with Crippen LogP contribution in [0.4, 0.5) is 0 Å². The molecule has 0 aromatic heterocycles. The van der Waals surface area contributed by atoms with Crippen molar-refractivity contribution in [3.63, 3.8) is 0 Å². The fourth-order valence-electron chi connectivity index (χ4n) is 4.06. The quantitative estimate of drug-likeness (QED) is 0.878. The summed E-state index contributed by atoms with van der Waals surface area (Å²) in [6.45, 7) is 5.57. The fourth-order valence-corrected chi connectivity index (χ4v) is 4.06. The van der Waals surface area contributed by atoms with Crippen molar-refractivity contribution >= 4 is 12.4 Å². The van der Waals surface area contributed by atoms with Crippen LogP contribution in [0.25, 0.3) is 0 Å². The van der Waals surface area contributed by atoms with E-state index in [1.807, 2.05) is 6.07 Å². The molecule has 136 valence electrons. The molecule has 2 saturated heterocycles. The number of likely N-dealkylation sites (tertiary alicyclic amines) is 1. The lowest BCUT2D eigenvalue weighted by atomic mass is 9.78. The van der Waals surface area contributed by atoms with E-state index in [9.17, 15) is 0 Å². The van der Waals surface area contributed by atoms with Crippen LogP contribution in [-0.2, 0) is 6.54 Å². The number of rotatable bonds is 5. The second kappa shape index (κ2) is 8.28. The molecule has 1 spiro atoms. The lowest BCUT2D eigenvalue weighted by Gasteiger charge is -2.34. The van der Waals surface area contributed by atoms with Crippen molar-refractivity contribution < 1.29 is 14.2 Å². The SMILES string of the molecule is COc1ccc(CN2CCC3(CCNCC3)C2)c(OC)c1OC.Cl. The van der Waals surface area contributed by atoms with Crippen molar-refractivity contribution in [1.82, 2.24) is 10.2 Å². The van der Waals surface area contributed by atoms with E-state index in [2.05, 4.69) is 16.3 Å². The van der Waals surface area contributed by atoms with Gasteiger partial charge in [-0.3, -0.25) is 4.90 Å². The van der Waals surface area contributed by atoms with Crippen LogP contribution in [-0.4, -0.2) is 52.4 Å². The predicted molar refractivity (Wildman–Crippen MR) is 97.8 cm³/mol. The van der Waals surface area contributed by atoms with Gasteiger partial charge in [-0.15, -0.1) is 12.4 Å². The molecule has 6 heteroatoms. The molecular weight excluding hydrogens is 328 g/mol. The Balaban J connectivity index is 0.00000208. The summed E-state index contributed by atoms with van der Waals surface area (Å²) < 4.78 is 16.5. The van der Waals surface area contributed by atoms with Crippen molar-refractivity contribution in [2.45, 2.75) is 25.8 Å². The molecule has 0 unspecified atom stereocenters. The van der Waals surface area contributed by atoms with Gasteiger partial charge in [0.2, 0.25) is 5.75 Å². The molecule has 0 saturated carbocycles. The summed E-state index contributed by atoms with van der Waals surface area (Å²) in [5, 5.41) is 3.48. The van der Waals surface area contributed by atoms with Gasteiger partial charge in [0.05, 0.1) is 21.3 Å². The van der Waals surface area contributed by atoms with Crippen molar-refractivity contribution in [2.24, 2.45) is 5.41 Å². The molecule has 0 amide bonds. The minimum Gasteiger partial charge on any atom is -0.493 e. The molecule has 0 radical (unpaired) electrons. The number of methoxy groups -OCH3 is 3. The Morgan fingerprint density at radius 1 is 1.00 bits per heavy atom. The normalized spacial score (nSPS) is 19.8. The molecular formula is C18H29ClN2O3. The minimum absolute atomic E-state index is 0. The molecule has 1 aromatic carbocycles. The first kappa shape index (κ1) is 19.2. The Labute approximate surface area is 151 Å². The zero-order valence-corrected chi connectivity index (χ0v) is 15.7. The molecule has 2 aliphatic rings. The number of benzene rings is 1. The van der Waals surface area contributed by atoms with E-state index in [-0.39, 0.29) is 12.4 Å². The molecule has 0 bridgehead atoms. The number of hydrogen-bond donors (Lipinski definition) is 1. The van der Waals surface area contributed by atoms with Gasteiger partial charge in [-0.1, -0.05) is 6.07 Å². The highest BCUT2D eigenvalue weighted by molar-refractivity contribution is 5.85. The smallest absolute Gasteiger partial charge is 0.203 e. The van der Waals surface area contributed by atoms with Crippen LogP contribution < -0.4 is 19.5 Å². The second-order valence-corrected chi connectivity index (χ2v) is 6.70. The number of hydrogen-bond acceptors (Lipinski definition) is 5. The number of ether oxygens (including phenoxy) is 3. The summed E-state index contributed by atoms with van der Waals surface area (Å²) >= 11 is 0. The molecule has 2 aliphatic heterocycles. The Morgan fingerprint density at radius 2 is 1.71 bits per heavy atom. The average Bonchev–Trinajstić information content (AvgIpc) is 2.96. The van der Waals surface area contributed by atoms with Gasteiger partial charge in [0, 0.05) is 18.7 Å². The monoisotopic (exact) mass is 356 g/mol. The largest absolute Gasteiger partial charge is 0.493 e. The van der Waals surface area contributed by atoms with Crippen molar-refractivity contribution in [1.29, 1.82) is 0 Å². The van der Waals surface area contributed by atoms with Crippen LogP contribution in [0.5, 0.6) is 17.2 Å². The molecule has 0 aliphatic carbocycles. The van der Waals surface area contributed by atoms with Crippen molar-refractivity contribution in [3.05, 3.63) is 17.7 Å². The molecule has 5 nitrogen and oxygen atoms in total. The van der Waals surface area contributed by atoms with Gasteiger partial charge < -0.3 is 19.5 Å². The highest BCUT2D eigenvalue weighted by atomic mass is 35.5. The third-order valence-corrected chi connectivity index (χ3v) is 5.36.